The summed E-state index contributed by atoms with van der Waals surface area (Å²) in [5.74, 6) is 0.796. The van der Waals surface area contributed by atoms with Crippen molar-refractivity contribution >= 4 is 11.6 Å². The van der Waals surface area contributed by atoms with Crippen LogP contribution >= 0.6 is 11.6 Å². The number of hydrogen-bond donors (Lipinski definition) is 0. The van der Waals surface area contributed by atoms with Gasteiger partial charge in [-0.1, -0.05) is 13.8 Å². The summed E-state index contributed by atoms with van der Waals surface area (Å²) in [6, 6.07) is 0. The minimum Gasteiger partial charge on any atom is -0.356 e. The van der Waals surface area contributed by atoms with Crippen molar-refractivity contribution in [1.82, 2.24) is 0 Å². The summed E-state index contributed by atoms with van der Waals surface area (Å²) in [4.78, 5) is -0.166. The standard InChI is InChI=1S/C11H23ClO2/c1-8(10(13-5)14-6)7-9(2)11(3,4)12/h8-10H,7H2,1-6H3. The molecule has 2 atom stereocenters. The average Bonchev–Trinajstić information content (AvgIpc) is 2.04. The second-order valence-electron chi connectivity index (χ2n) is 4.52. The van der Waals surface area contributed by atoms with E-state index in [-0.39, 0.29) is 11.2 Å². The summed E-state index contributed by atoms with van der Waals surface area (Å²) in [7, 11) is 3.34. The van der Waals surface area contributed by atoms with Gasteiger partial charge in [0.1, 0.15) is 0 Å². The first-order chi connectivity index (χ1) is 6.32. The molecule has 0 aliphatic heterocycles. The topological polar surface area (TPSA) is 18.5 Å². The molecule has 0 N–H and O–H groups in total. The molecule has 3 heteroatoms. The van der Waals surface area contributed by atoms with E-state index in [2.05, 4.69) is 13.8 Å². The molecule has 0 saturated heterocycles. The molecule has 14 heavy (non-hydrogen) atoms. The second kappa shape index (κ2) is 5.94. The van der Waals surface area contributed by atoms with Gasteiger partial charge in [-0.3, -0.25) is 0 Å². The molecule has 0 aliphatic carbocycles. The van der Waals surface area contributed by atoms with E-state index in [0.717, 1.165) is 6.42 Å². The first-order valence-corrected chi connectivity index (χ1v) is 5.45. The van der Waals surface area contributed by atoms with Gasteiger partial charge in [-0.05, 0) is 26.2 Å². The van der Waals surface area contributed by atoms with Crippen LogP contribution in [0.5, 0.6) is 0 Å². The van der Waals surface area contributed by atoms with E-state index in [0.29, 0.717) is 11.8 Å². The van der Waals surface area contributed by atoms with E-state index in [4.69, 9.17) is 21.1 Å². The predicted octanol–water partition coefficient (Wildman–Crippen LogP) is 3.29. The fourth-order valence-electron chi connectivity index (χ4n) is 1.51. The quantitative estimate of drug-likeness (QED) is 0.507. The Morgan fingerprint density at radius 3 is 1.86 bits per heavy atom. The number of ether oxygens (including phenoxy) is 2. The lowest BCUT2D eigenvalue weighted by Crippen LogP contribution is -2.29. The summed E-state index contributed by atoms with van der Waals surface area (Å²) in [5.41, 5.74) is 0. The van der Waals surface area contributed by atoms with E-state index >= 15 is 0 Å². The molecule has 0 aromatic rings. The van der Waals surface area contributed by atoms with Gasteiger partial charge in [0, 0.05) is 25.0 Å². The molecule has 0 radical (unpaired) electrons. The number of methoxy groups -OCH3 is 2. The van der Waals surface area contributed by atoms with Gasteiger partial charge in [-0.15, -0.1) is 11.6 Å². The maximum Gasteiger partial charge on any atom is 0.159 e. The molecular weight excluding hydrogens is 200 g/mol. The van der Waals surface area contributed by atoms with Crippen LogP contribution in [0.1, 0.15) is 34.1 Å². The number of hydrogen-bond acceptors (Lipinski definition) is 2. The molecule has 0 aliphatic rings. The van der Waals surface area contributed by atoms with Crippen LogP contribution in [0.4, 0.5) is 0 Å². The lowest BCUT2D eigenvalue weighted by molar-refractivity contribution is -0.137. The van der Waals surface area contributed by atoms with Crippen molar-refractivity contribution in [2.24, 2.45) is 11.8 Å². The first-order valence-electron chi connectivity index (χ1n) is 5.07. The van der Waals surface area contributed by atoms with E-state index in [1.165, 1.54) is 0 Å². The fraction of sp³-hybridized carbons (Fsp3) is 1.00. The van der Waals surface area contributed by atoms with Gasteiger partial charge in [0.25, 0.3) is 0 Å². The molecule has 0 heterocycles. The maximum atomic E-state index is 6.24. The molecule has 0 amide bonds. The maximum absolute atomic E-state index is 6.24. The van der Waals surface area contributed by atoms with Gasteiger partial charge in [-0.25, -0.2) is 0 Å². The molecular formula is C11H23ClO2. The van der Waals surface area contributed by atoms with Crippen LogP contribution < -0.4 is 0 Å². The molecule has 0 aromatic heterocycles. The highest BCUT2D eigenvalue weighted by molar-refractivity contribution is 6.23. The lowest BCUT2D eigenvalue weighted by Gasteiger charge is -2.30. The summed E-state index contributed by atoms with van der Waals surface area (Å²) in [5, 5.41) is 0. The van der Waals surface area contributed by atoms with E-state index in [1.807, 2.05) is 13.8 Å². The summed E-state index contributed by atoms with van der Waals surface area (Å²) < 4.78 is 10.4. The zero-order valence-corrected chi connectivity index (χ0v) is 10.9. The van der Waals surface area contributed by atoms with Gasteiger partial charge in [0.05, 0.1) is 0 Å². The van der Waals surface area contributed by atoms with Crippen molar-refractivity contribution in [3.63, 3.8) is 0 Å². The lowest BCUT2D eigenvalue weighted by atomic mass is 9.87. The zero-order chi connectivity index (χ0) is 11.4. The molecule has 2 nitrogen and oxygen atoms in total. The normalized spacial score (nSPS) is 17.1. The molecule has 0 saturated carbocycles. The fourth-order valence-corrected chi connectivity index (χ4v) is 1.60. The Kier molecular flexibility index (Phi) is 6.03. The number of halogens is 1. The smallest absolute Gasteiger partial charge is 0.159 e. The predicted molar refractivity (Wildman–Crippen MR) is 60.7 cm³/mol. The monoisotopic (exact) mass is 222 g/mol. The van der Waals surface area contributed by atoms with E-state index in [9.17, 15) is 0 Å². The van der Waals surface area contributed by atoms with Crippen molar-refractivity contribution in [3.8, 4) is 0 Å². The Labute approximate surface area is 92.9 Å². The summed E-state index contributed by atoms with van der Waals surface area (Å²) >= 11 is 6.24. The number of rotatable bonds is 6. The van der Waals surface area contributed by atoms with Crippen LogP contribution in [0.2, 0.25) is 0 Å². The molecule has 0 fully saturated rings. The van der Waals surface area contributed by atoms with Gasteiger partial charge in [0.15, 0.2) is 6.29 Å². The van der Waals surface area contributed by atoms with Gasteiger partial charge in [-0.2, -0.15) is 0 Å². The minimum absolute atomic E-state index is 0.128. The Morgan fingerprint density at radius 2 is 1.57 bits per heavy atom. The van der Waals surface area contributed by atoms with Crippen LogP contribution in [0.3, 0.4) is 0 Å². The first kappa shape index (κ1) is 14.2. The largest absolute Gasteiger partial charge is 0.356 e. The van der Waals surface area contributed by atoms with Crippen molar-refractivity contribution in [2.45, 2.75) is 45.3 Å². The minimum atomic E-state index is -0.166. The van der Waals surface area contributed by atoms with E-state index in [1.54, 1.807) is 14.2 Å². The third-order valence-corrected chi connectivity index (χ3v) is 3.20. The Balaban J connectivity index is 4.10. The highest BCUT2D eigenvalue weighted by atomic mass is 35.5. The average molecular weight is 223 g/mol. The van der Waals surface area contributed by atoms with Gasteiger partial charge >= 0.3 is 0 Å². The highest BCUT2D eigenvalue weighted by Crippen LogP contribution is 2.30. The van der Waals surface area contributed by atoms with Crippen LogP contribution in [0.15, 0.2) is 0 Å². The number of alkyl halides is 1. The summed E-state index contributed by atoms with van der Waals surface area (Å²) in [6.07, 6.45) is 0.875. The van der Waals surface area contributed by atoms with Crippen LogP contribution in [0, 0.1) is 11.8 Å². The van der Waals surface area contributed by atoms with Gasteiger partial charge < -0.3 is 9.47 Å². The van der Waals surface area contributed by atoms with Crippen LogP contribution in [-0.4, -0.2) is 25.4 Å². The van der Waals surface area contributed by atoms with E-state index < -0.39 is 0 Å². The van der Waals surface area contributed by atoms with Crippen LogP contribution in [0.25, 0.3) is 0 Å². The highest BCUT2D eigenvalue weighted by Gasteiger charge is 2.27. The third-order valence-electron chi connectivity index (χ3n) is 2.83. The van der Waals surface area contributed by atoms with Gasteiger partial charge in [0.2, 0.25) is 0 Å². The van der Waals surface area contributed by atoms with Crippen LogP contribution in [-0.2, 0) is 9.47 Å². The zero-order valence-electron chi connectivity index (χ0n) is 10.1. The van der Waals surface area contributed by atoms with Crippen molar-refractivity contribution in [1.29, 1.82) is 0 Å². The summed E-state index contributed by atoms with van der Waals surface area (Å²) in [6.45, 7) is 8.36. The second-order valence-corrected chi connectivity index (χ2v) is 5.49. The molecule has 86 valence electrons. The molecule has 0 rings (SSSR count). The molecule has 0 bridgehead atoms. The molecule has 0 aromatic carbocycles. The van der Waals surface area contributed by atoms with Crippen molar-refractivity contribution < 1.29 is 9.47 Å². The SMILES string of the molecule is COC(OC)C(C)CC(C)C(C)(C)Cl. The third kappa shape index (κ3) is 4.63. The Morgan fingerprint density at radius 1 is 1.14 bits per heavy atom. The molecule has 0 spiro atoms. The Hall–Kier alpha value is 0.210. The van der Waals surface area contributed by atoms with Crippen molar-refractivity contribution in [2.75, 3.05) is 14.2 Å². The molecule has 2 unspecified atom stereocenters. The Bertz CT molecular complexity index is 150. The van der Waals surface area contributed by atoms with Crippen molar-refractivity contribution in [3.05, 3.63) is 0 Å².